The van der Waals surface area contributed by atoms with Crippen molar-refractivity contribution in [3.8, 4) is 0 Å². The van der Waals surface area contributed by atoms with E-state index in [-0.39, 0.29) is 16.9 Å². The SMILES string of the molecule is O=C(NC(Cn1cnc2ccccc21)c1ccc(F)cc1)c1cnn2c1[nH]c(=O)c1ccccc12. The molecule has 0 saturated carbocycles. The van der Waals surface area contributed by atoms with E-state index < -0.39 is 11.9 Å². The molecule has 0 spiro atoms. The van der Waals surface area contributed by atoms with E-state index in [1.165, 1.54) is 18.3 Å². The van der Waals surface area contributed by atoms with Crippen LogP contribution in [0.2, 0.25) is 0 Å². The zero-order chi connectivity index (χ0) is 23.9. The Labute approximate surface area is 197 Å². The van der Waals surface area contributed by atoms with Crippen molar-refractivity contribution in [2.75, 3.05) is 0 Å². The van der Waals surface area contributed by atoms with Gasteiger partial charge in [0.1, 0.15) is 17.0 Å². The van der Waals surface area contributed by atoms with Crippen LogP contribution in [0.4, 0.5) is 4.39 Å². The van der Waals surface area contributed by atoms with Crippen molar-refractivity contribution in [3.05, 3.63) is 113 Å². The van der Waals surface area contributed by atoms with Gasteiger partial charge in [-0.3, -0.25) is 9.59 Å². The van der Waals surface area contributed by atoms with Crippen LogP contribution < -0.4 is 10.9 Å². The van der Waals surface area contributed by atoms with Crippen LogP contribution in [0, 0.1) is 5.82 Å². The van der Waals surface area contributed by atoms with Crippen molar-refractivity contribution in [1.82, 2.24) is 29.5 Å². The number of halogens is 1. The molecular weight excluding hydrogens is 447 g/mol. The van der Waals surface area contributed by atoms with E-state index in [2.05, 4.69) is 20.4 Å². The maximum Gasteiger partial charge on any atom is 0.259 e. The zero-order valence-corrected chi connectivity index (χ0v) is 18.4. The summed E-state index contributed by atoms with van der Waals surface area (Å²) in [5.74, 6) is -0.774. The van der Waals surface area contributed by atoms with Gasteiger partial charge in [-0.05, 0) is 42.0 Å². The molecule has 3 aromatic heterocycles. The molecule has 1 unspecified atom stereocenters. The summed E-state index contributed by atoms with van der Waals surface area (Å²) in [6, 6.07) is 20.3. The summed E-state index contributed by atoms with van der Waals surface area (Å²) in [5.41, 5.74) is 3.32. The molecule has 0 radical (unpaired) electrons. The van der Waals surface area contributed by atoms with Gasteiger partial charge in [0.05, 0.1) is 40.5 Å². The molecule has 6 rings (SSSR count). The number of H-pyrrole nitrogens is 1. The highest BCUT2D eigenvalue weighted by molar-refractivity contribution is 6.00. The molecule has 8 nitrogen and oxygen atoms in total. The third-order valence-electron chi connectivity index (χ3n) is 6.11. The first-order valence-corrected chi connectivity index (χ1v) is 11.0. The fourth-order valence-electron chi connectivity index (χ4n) is 4.36. The number of nitrogens with zero attached hydrogens (tertiary/aromatic N) is 4. The number of hydrogen-bond donors (Lipinski definition) is 2. The van der Waals surface area contributed by atoms with Crippen LogP contribution in [0.25, 0.3) is 27.6 Å². The smallest absolute Gasteiger partial charge is 0.259 e. The van der Waals surface area contributed by atoms with Gasteiger partial charge in [0.25, 0.3) is 11.5 Å². The molecule has 9 heteroatoms. The maximum absolute atomic E-state index is 13.6. The lowest BCUT2D eigenvalue weighted by molar-refractivity contribution is 0.0934. The van der Waals surface area contributed by atoms with E-state index in [1.807, 2.05) is 34.9 Å². The summed E-state index contributed by atoms with van der Waals surface area (Å²) >= 11 is 0. The molecule has 0 aliphatic carbocycles. The van der Waals surface area contributed by atoms with Crippen LogP contribution in [0.15, 0.2) is 90.1 Å². The lowest BCUT2D eigenvalue weighted by atomic mass is 10.1. The Morgan fingerprint density at radius 2 is 1.74 bits per heavy atom. The molecule has 0 aliphatic rings. The first-order chi connectivity index (χ1) is 17.1. The Morgan fingerprint density at radius 3 is 2.57 bits per heavy atom. The van der Waals surface area contributed by atoms with Gasteiger partial charge in [0, 0.05) is 6.54 Å². The molecular formula is C26H19FN6O2. The minimum atomic E-state index is -0.497. The Kier molecular flexibility index (Phi) is 4.88. The van der Waals surface area contributed by atoms with E-state index in [4.69, 9.17) is 0 Å². The lowest BCUT2D eigenvalue weighted by Gasteiger charge is -2.20. The lowest BCUT2D eigenvalue weighted by Crippen LogP contribution is -2.31. The Morgan fingerprint density at radius 1 is 1.00 bits per heavy atom. The number of hydrogen-bond acceptors (Lipinski definition) is 4. The zero-order valence-electron chi connectivity index (χ0n) is 18.4. The highest BCUT2D eigenvalue weighted by Crippen LogP contribution is 2.21. The quantitative estimate of drug-likeness (QED) is 0.404. The predicted octanol–water partition coefficient (Wildman–Crippen LogP) is 3.84. The van der Waals surface area contributed by atoms with Gasteiger partial charge in [0.15, 0.2) is 0 Å². The second-order valence-electron chi connectivity index (χ2n) is 8.25. The third kappa shape index (κ3) is 3.63. The highest BCUT2D eigenvalue weighted by atomic mass is 19.1. The fourth-order valence-corrected chi connectivity index (χ4v) is 4.36. The van der Waals surface area contributed by atoms with Gasteiger partial charge in [-0.2, -0.15) is 5.10 Å². The first kappa shape index (κ1) is 20.8. The normalized spacial score (nSPS) is 12.4. The number of aromatic nitrogens is 5. The van der Waals surface area contributed by atoms with Crippen LogP contribution in [-0.4, -0.2) is 30.1 Å². The van der Waals surface area contributed by atoms with E-state index in [0.29, 0.717) is 23.1 Å². The number of aromatic amines is 1. The maximum atomic E-state index is 13.6. The number of para-hydroxylation sites is 3. The average Bonchev–Trinajstić information content (AvgIpc) is 3.49. The van der Waals surface area contributed by atoms with Gasteiger partial charge in [-0.1, -0.05) is 36.4 Å². The second-order valence-corrected chi connectivity index (χ2v) is 8.25. The highest BCUT2D eigenvalue weighted by Gasteiger charge is 2.21. The Hall–Kier alpha value is -4.79. The minimum absolute atomic E-state index is 0.232. The van der Waals surface area contributed by atoms with E-state index in [1.54, 1.807) is 41.2 Å². The van der Waals surface area contributed by atoms with Crippen LogP contribution in [-0.2, 0) is 6.54 Å². The summed E-state index contributed by atoms with van der Waals surface area (Å²) < 4.78 is 17.1. The van der Waals surface area contributed by atoms with Gasteiger partial charge in [-0.25, -0.2) is 13.9 Å². The molecule has 35 heavy (non-hydrogen) atoms. The largest absolute Gasteiger partial charge is 0.343 e. The van der Waals surface area contributed by atoms with Crippen molar-refractivity contribution in [2.24, 2.45) is 0 Å². The van der Waals surface area contributed by atoms with Crippen LogP contribution in [0.1, 0.15) is 22.0 Å². The van der Waals surface area contributed by atoms with Crippen molar-refractivity contribution >= 4 is 33.5 Å². The topological polar surface area (TPSA) is 97.1 Å². The van der Waals surface area contributed by atoms with E-state index in [0.717, 1.165) is 16.6 Å². The number of amides is 1. The van der Waals surface area contributed by atoms with E-state index >= 15 is 0 Å². The summed E-state index contributed by atoms with van der Waals surface area (Å²) in [6.07, 6.45) is 3.15. The fraction of sp³-hybridized carbons (Fsp3) is 0.0769. The molecule has 1 amide bonds. The van der Waals surface area contributed by atoms with Crippen molar-refractivity contribution in [3.63, 3.8) is 0 Å². The number of imidazole rings is 1. The summed E-state index contributed by atoms with van der Waals surface area (Å²) in [6.45, 7) is 0.372. The molecule has 0 bridgehead atoms. The molecule has 6 aromatic rings. The molecule has 3 heterocycles. The summed E-state index contributed by atoms with van der Waals surface area (Å²) in [7, 11) is 0. The Bertz CT molecular complexity index is 1770. The Balaban J connectivity index is 1.39. The second kappa shape index (κ2) is 8.21. The molecule has 0 saturated heterocycles. The summed E-state index contributed by atoms with van der Waals surface area (Å²) in [4.78, 5) is 33.2. The van der Waals surface area contributed by atoms with Crippen LogP contribution >= 0.6 is 0 Å². The number of benzene rings is 3. The molecule has 3 aromatic carbocycles. The number of carbonyl (C=O) groups excluding carboxylic acids is 1. The van der Waals surface area contributed by atoms with Crippen LogP contribution in [0.3, 0.4) is 0 Å². The monoisotopic (exact) mass is 466 g/mol. The van der Waals surface area contributed by atoms with E-state index in [9.17, 15) is 14.0 Å². The summed E-state index contributed by atoms with van der Waals surface area (Å²) in [5, 5.41) is 7.85. The van der Waals surface area contributed by atoms with Gasteiger partial charge in [-0.15, -0.1) is 0 Å². The van der Waals surface area contributed by atoms with Crippen molar-refractivity contribution in [2.45, 2.75) is 12.6 Å². The van der Waals surface area contributed by atoms with Crippen LogP contribution in [0.5, 0.6) is 0 Å². The van der Waals surface area contributed by atoms with Crippen molar-refractivity contribution in [1.29, 1.82) is 0 Å². The third-order valence-corrected chi connectivity index (χ3v) is 6.11. The van der Waals surface area contributed by atoms with Gasteiger partial charge < -0.3 is 14.9 Å². The van der Waals surface area contributed by atoms with Crippen molar-refractivity contribution < 1.29 is 9.18 Å². The predicted molar refractivity (Wildman–Crippen MR) is 130 cm³/mol. The molecule has 0 fully saturated rings. The standard InChI is InChI=1S/C26H19FN6O2/c27-17-11-9-16(10-12-17)21(14-32-15-28-20-6-2-4-8-23(20)32)30-26(35)19-13-29-33-22-7-3-1-5-18(22)25(34)31-24(19)33/h1-13,15,21H,14H2,(H,30,35)(H,31,34). The molecule has 2 N–H and O–H groups in total. The number of fused-ring (bicyclic) bond motifs is 4. The van der Waals surface area contributed by atoms with Gasteiger partial charge >= 0.3 is 0 Å². The molecule has 172 valence electrons. The number of nitrogens with one attached hydrogen (secondary N) is 2. The number of carbonyl (C=O) groups is 1. The average molecular weight is 466 g/mol. The first-order valence-electron chi connectivity index (χ1n) is 11.0. The molecule has 0 aliphatic heterocycles. The van der Waals surface area contributed by atoms with Gasteiger partial charge in [0.2, 0.25) is 0 Å². The molecule has 1 atom stereocenters. The number of rotatable bonds is 5. The minimum Gasteiger partial charge on any atom is -0.343 e.